The Kier molecular flexibility index (Phi) is 6.97. The molecule has 148 valence electrons. The van der Waals surface area contributed by atoms with Crippen molar-refractivity contribution in [3.63, 3.8) is 0 Å². The Morgan fingerprint density at radius 1 is 1.03 bits per heavy atom. The van der Waals surface area contributed by atoms with Gasteiger partial charge in [0.05, 0.1) is 24.1 Å². The number of rotatable bonds is 7. The van der Waals surface area contributed by atoms with E-state index in [1.165, 1.54) is 18.9 Å². The summed E-state index contributed by atoms with van der Waals surface area (Å²) in [6.45, 7) is 2.29. The second kappa shape index (κ2) is 9.84. The summed E-state index contributed by atoms with van der Waals surface area (Å²) >= 11 is 1.30. The summed E-state index contributed by atoms with van der Waals surface area (Å²) in [5.74, 6) is -0.277. The monoisotopic (exact) mass is 407 g/mol. The van der Waals surface area contributed by atoms with Crippen LogP contribution in [0.2, 0.25) is 0 Å². The number of thioether (sulfide) groups is 1. The van der Waals surface area contributed by atoms with Gasteiger partial charge in [0.25, 0.3) is 0 Å². The normalized spacial score (nSPS) is 10.4. The molecule has 2 aromatic carbocycles. The first kappa shape index (κ1) is 20.5. The van der Waals surface area contributed by atoms with Gasteiger partial charge in [-0.2, -0.15) is 0 Å². The molecule has 7 heteroatoms. The molecule has 1 heterocycles. The predicted octanol–water partition coefficient (Wildman–Crippen LogP) is 3.65. The summed E-state index contributed by atoms with van der Waals surface area (Å²) in [4.78, 5) is 32.6. The molecule has 0 atom stereocenters. The Morgan fingerprint density at radius 3 is 2.45 bits per heavy atom. The molecular formula is C22H21N3O3S. The predicted molar refractivity (Wildman–Crippen MR) is 113 cm³/mol. The number of nitrogens with zero attached hydrogens (tertiary/aromatic N) is 2. The van der Waals surface area contributed by atoms with Gasteiger partial charge in [-0.05, 0) is 30.7 Å². The molecule has 0 spiro atoms. The van der Waals surface area contributed by atoms with E-state index in [9.17, 15) is 9.59 Å². The van der Waals surface area contributed by atoms with Crippen LogP contribution in [0, 0.1) is 6.92 Å². The maximum absolute atomic E-state index is 12.2. The lowest BCUT2D eigenvalue weighted by Gasteiger charge is -2.07. The molecule has 3 rings (SSSR count). The van der Waals surface area contributed by atoms with E-state index in [2.05, 4.69) is 20.0 Å². The molecule has 0 fully saturated rings. The summed E-state index contributed by atoms with van der Waals surface area (Å²) in [6, 6.07) is 18.7. The van der Waals surface area contributed by atoms with Crippen molar-refractivity contribution in [2.24, 2.45) is 0 Å². The van der Waals surface area contributed by atoms with E-state index in [1.54, 1.807) is 24.3 Å². The third-order valence-corrected chi connectivity index (χ3v) is 4.95. The fourth-order valence-corrected chi connectivity index (χ4v) is 3.35. The molecule has 3 aromatic rings. The molecule has 0 saturated heterocycles. The van der Waals surface area contributed by atoms with Crippen LogP contribution in [0.1, 0.15) is 21.6 Å². The van der Waals surface area contributed by atoms with Crippen LogP contribution >= 0.6 is 11.8 Å². The number of benzene rings is 2. The Balaban J connectivity index is 1.54. The van der Waals surface area contributed by atoms with Crippen molar-refractivity contribution >= 4 is 23.6 Å². The van der Waals surface area contributed by atoms with Gasteiger partial charge in [-0.3, -0.25) is 4.79 Å². The Bertz CT molecular complexity index is 992. The van der Waals surface area contributed by atoms with Crippen LogP contribution in [0.3, 0.4) is 0 Å². The second-order valence-corrected chi connectivity index (χ2v) is 7.24. The summed E-state index contributed by atoms with van der Waals surface area (Å²) < 4.78 is 4.67. The highest BCUT2D eigenvalue weighted by molar-refractivity contribution is 7.99. The number of ether oxygens (including phenoxy) is 1. The van der Waals surface area contributed by atoms with Gasteiger partial charge in [0.15, 0.2) is 5.16 Å². The van der Waals surface area contributed by atoms with Crippen LogP contribution in [0.4, 0.5) is 0 Å². The largest absolute Gasteiger partial charge is 0.465 e. The minimum absolute atomic E-state index is 0.113. The highest BCUT2D eigenvalue weighted by atomic mass is 32.2. The van der Waals surface area contributed by atoms with Gasteiger partial charge >= 0.3 is 5.97 Å². The first-order valence-corrected chi connectivity index (χ1v) is 10.0. The number of carbonyl (C=O) groups is 2. The summed E-state index contributed by atoms with van der Waals surface area (Å²) in [7, 11) is 1.34. The van der Waals surface area contributed by atoms with E-state index in [4.69, 9.17) is 0 Å². The molecule has 0 aliphatic rings. The topological polar surface area (TPSA) is 81.2 Å². The molecule has 0 radical (unpaired) electrons. The van der Waals surface area contributed by atoms with Gasteiger partial charge in [-0.15, -0.1) is 0 Å². The van der Waals surface area contributed by atoms with Crippen LogP contribution < -0.4 is 5.32 Å². The molecule has 29 heavy (non-hydrogen) atoms. The maximum Gasteiger partial charge on any atom is 0.337 e. The second-order valence-electron chi connectivity index (χ2n) is 6.30. The number of aromatic nitrogens is 2. The number of nitrogens with one attached hydrogen (secondary N) is 1. The molecule has 1 N–H and O–H groups in total. The zero-order valence-corrected chi connectivity index (χ0v) is 17.0. The van der Waals surface area contributed by atoms with E-state index >= 15 is 0 Å². The van der Waals surface area contributed by atoms with Crippen LogP contribution in [0.15, 0.2) is 65.8 Å². The van der Waals surface area contributed by atoms with Crippen molar-refractivity contribution in [1.29, 1.82) is 0 Å². The SMILES string of the molecule is COC(=O)c1ccc(CNC(=O)CSc2nc(C)cc(-c3ccccc3)n2)cc1. The zero-order chi connectivity index (χ0) is 20.6. The number of esters is 1. The Morgan fingerprint density at radius 2 is 1.76 bits per heavy atom. The van der Waals surface area contributed by atoms with Gasteiger partial charge in [0.1, 0.15) is 0 Å². The fourth-order valence-electron chi connectivity index (χ4n) is 2.62. The number of aryl methyl sites for hydroxylation is 1. The van der Waals surface area contributed by atoms with Gasteiger partial charge in [0.2, 0.25) is 5.91 Å². The van der Waals surface area contributed by atoms with Crippen LogP contribution in [-0.2, 0) is 16.1 Å². The van der Waals surface area contributed by atoms with Gasteiger partial charge in [0, 0.05) is 17.8 Å². The van der Waals surface area contributed by atoms with Crippen molar-refractivity contribution in [2.75, 3.05) is 12.9 Å². The molecular weight excluding hydrogens is 386 g/mol. The van der Waals surface area contributed by atoms with E-state index < -0.39 is 0 Å². The quantitative estimate of drug-likeness (QED) is 0.366. The third kappa shape index (κ3) is 5.89. The smallest absolute Gasteiger partial charge is 0.337 e. The highest BCUT2D eigenvalue weighted by Gasteiger charge is 2.09. The van der Waals surface area contributed by atoms with Gasteiger partial charge < -0.3 is 10.1 Å². The van der Waals surface area contributed by atoms with Crippen molar-refractivity contribution in [2.45, 2.75) is 18.6 Å². The summed E-state index contributed by atoms with van der Waals surface area (Å²) in [5.41, 5.74) is 4.08. The van der Waals surface area contributed by atoms with Crippen LogP contribution in [-0.4, -0.2) is 34.7 Å². The number of hydrogen-bond acceptors (Lipinski definition) is 6. The Hall–Kier alpha value is -3.19. The first-order valence-electron chi connectivity index (χ1n) is 9.03. The van der Waals surface area contributed by atoms with E-state index in [1.807, 2.05) is 43.3 Å². The van der Waals surface area contributed by atoms with Gasteiger partial charge in [-0.1, -0.05) is 54.2 Å². The van der Waals surface area contributed by atoms with E-state index in [0.717, 1.165) is 22.5 Å². The average Bonchev–Trinajstić information content (AvgIpc) is 2.76. The summed E-state index contributed by atoms with van der Waals surface area (Å²) in [5, 5.41) is 3.43. The molecule has 0 saturated carbocycles. The van der Waals surface area contributed by atoms with Crippen LogP contribution in [0.5, 0.6) is 0 Å². The van der Waals surface area contributed by atoms with Crippen molar-refractivity contribution in [3.8, 4) is 11.3 Å². The first-order chi connectivity index (χ1) is 14.0. The van der Waals surface area contributed by atoms with E-state index in [0.29, 0.717) is 17.3 Å². The number of carbonyl (C=O) groups excluding carboxylic acids is 2. The van der Waals surface area contributed by atoms with Gasteiger partial charge in [-0.25, -0.2) is 14.8 Å². The molecule has 0 aliphatic heterocycles. The Labute approximate surface area is 173 Å². The molecule has 6 nitrogen and oxygen atoms in total. The molecule has 0 bridgehead atoms. The number of hydrogen-bond donors (Lipinski definition) is 1. The van der Waals surface area contributed by atoms with Crippen molar-refractivity contribution in [1.82, 2.24) is 15.3 Å². The van der Waals surface area contributed by atoms with E-state index in [-0.39, 0.29) is 17.6 Å². The lowest BCUT2D eigenvalue weighted by atomic mass is 10.1. The molecule has 1 amide bonds. The van der Waals surface area contributed by atoms with Crippen molar-refractivity contribution < 1.29 is 14.3 Å². The number of amides is 1. The summed E-state index contributed by atoms with van der Waals surface area (Å²) in [6.07, 6.45) is 0. The highest BCUT2D eigenvalue weighted by Crippen LogP contribution is 2.21. The zero-order valence-electron chi connectivity index (χ0n) is 16.2. The number of methoxy groups -OCH3 is 1. The molecule has 0 unspecified atom stereocenters. The van der Waals surface area contributed by atoms with Crippen molar-refractivity contribution in [3.05, 3.63) is 77.5 Å². The standard InChI is InChI=1S/C22H21N3O3S/c1-15-12-19(17-6-4-3-5-7-17)25-22(24-15)29-14-20(26)23-13-16-8-10-18(11-9-16)21(27)28-2/h3-12H,13-14H2,1-2H3,(H,23,26). The fraction of sp³-hybridized carbons (Fsp3) is 0.182. The lowest BCUT2D eigenvalue weighted by molar-refractivity contribution is -0.118. The average molecular weight is 407 g/mol. The molecule has 0 aliphatic carbocycles. The third-order valence-electron chi connectivity index (χ3n) is 4.10. The minimum atomic E-state index is -0.384. The molecule has 1 aromatic heterocycles. The minimum Gasteiger partial charge on any atom is -0.465 e. The van der Waals surface area contributed by atoms with Crippen LogP contribution in [0.25, 0.3) is 11.3 Å². The maximum atomic E-state index is 12.2. The lowest BCUT2D eigenvalue weighted by Crippen LogP contribution is -2.24.